The van der Waals surface area contributed by atoms with Gasteiger partial charge in [-0.2, -0.15) is 0 Å². The van der Waals surface area contributed by atoms with Crippen molar-refractivity contribution in [3.8, 4) is 0 Å². The standard InChI is InChI=1S/2C4H4N.C3H7.Ru/c2*1-2-4-5-3-1;1-3-2;/h2*1-4H;1,3H2,2H3;/q2*-1;;+2. The number of aromatic nitrogens is 2. The monoisotopic (exact) mass is 277 g/mol. The molecule has 77 valence electrons. The Morgan fingerprint density at radius 3 is 1.64 bits per heavy atom. The molecule has 2 heterocycles. The van der Waals surface area contributed by atoms with Crippen LogP contribution in [0.3, 0.4) is 0 Å². The molecule has 0 unspecified atom stereocenters. The maximum absolute atomic E-state index is 2.40. The van der Waals surface area contributed by atoms with Crippen molar-refractivity contribution < 1.29 is 16.4 Å². The molecule has 0 amide bonds. The molecule has 2 rings (SSSR count). The van der Waals surface area contributed by atoms with Crippen LogP contribution in [0.4, 0.5) is 0 Å². The first kappa shape index (κ1) is 9.73. The molecule has 0 saturated heterocycles. The van der Waals surface area contributed by atoms with Crippen molar-refractivity contribution in [2.45, 2.75) is 18.4 Å². The molecule has 14 heavy (non-hydrogen) atoms. The maximum atomic E-state index is 2.40. The Kier molecular flexibility index (Phi) is 3.20. The minimum absolute atomic E-state index is 1.07. The zero-order valence-corrected chi connectivity index (χ0v) is 10.0. The minimum atomic E-state index is -1.07. The Hall–Kier alpha value is -0.817. The fourth-order valence-electron chi connectivity index (χ4n) is 1.30. The number of hydrogen-bond acceptors (Lipinski definition) is 0. The van der Waals surface area contributed by atoms with Gasteiger partial charge in [-0.15, -0.1) is 0 Å². The summed E-state index contributed by atoms with van der Waals surface area (Å²) in [5, 5.41) is 1.31. The molecular formula is C11H15N2Ru. The SMILES string of the molecule is CC[CH2][Ru]([n]1cccc1)[n]1cccc1. The van der Waals surface area contributed by atoms with Gasteiger partial charge in [0.25, 0.3) is 0 Å². The van der Waals surface area contributed by atoms with Crippen molar-refractivity contribution in [3.63, 3.8) is 0 Å². The number of rotatable bonds is 4. The molecule has 0 radical (unpaired) electrons. The number of hydrogen-bond donors (Lipinski definition) is 0. The third-order valence-corrected chi connectivity index (χ3v) is 6.63. The van der Waals surface area contributed by atoms with Crippen LogP contribution >= 0.6 is 0 Å². The molecule has 0 N–H and O–H groups in total. The molecule has 0 spiro atoms. The Balaban J connectivity index is 2.25. The molecule has 2 aromatic heterocycles. The van der Waals surface area contributed by atoms with Gasteiger partial charge in [-0.05, 0) is 0 Å². The van der Waals surface area contributed by atoms with Crippen LogP contribution in [0, 0.1) is 0 Å². The van der Waals surface area contributed by atoms with Crippen molar-refractivity contribution in [2.75, 3.05) is 0 Å². The molecule has 0 aromatic carbocycles. The number of nitrogens with zero attached hydrogens (tertiary/aromatic N) is 2. The van der Waals surface area contributed by atoms with E-state index >= 15 is 0 Å². The van der Waals surface area contributed by atoms with Crippen LogP contribution in [-0.2, 0) is 16.4 Å². The van der Waals surface area contributed by atoms with Gasteiger partial charge < -0.3 is 0 Å². The van der Waals surface area contributed by atoms with Crippen molar-refractivity contribution in [1.29, 1.82) is 0 Å². The van der Waals surface area contributed by atoms with Crippen molar-refractivity contribution in [1.82, 2.24) is 6.62 Å². The predicted octanol–water partition coefficient (Wildman–Crippen LogP) is 2.96. The summed E-state index contributed by atoms with van der Waals surface area (Å²) < 4.78 is 4.79. The van der Waals surface area contributed by atoms with Crippen molar-refractivity contribution in [2.24, 2.45) is 0 Å². The summed E-state index contributed by atoms with van der Waals surface area (Å²) in [7, 11) is 0. The Labute approximate surface area is 90.6 Å². The van der Waals surface area contributed by atoms with Crippen molar-refractivity contribution in [3.05, 3.63) is 49.1 Å². The molecule has 2 aromatic rings. The summed E-state index contributed by atoms with van der Waals surface area (Å²) in [6, 6.07) is 8.45. The molecule has 0 aliphatic rings. The first-order chi connectivity index (χ1) is 6.92. The second-order valence-corrected chi connectivity index (χ2v) is 7.11. The van der Waals surface area contributed by atoms with Crippen molar-refractivity contribution >= 4 is 0 Å². The molecule has 0 fully saturated rings. The summed E-state index contributed by atoms with van der Waals surface area (Å²) in [4.78, 5) is 0. The average molecular weight is 276 g/mol. The second kappa shape index (κ2) is 4.61. The van der Waals surface area contributed by atoms with Crippen LogP contribution in [-0.4, -0.2) is 6.62 Å². The van der Waals surface area contributed by atoms with Gasteiger partial charge in [0.05, 0.1) is 0 Å². The quantitative estimate of drug-likeness (QED) is 0.760. The van der Waals surface area contributed by atoms with E-state index in [2.05, 4.69) is 62.6 Å². The zero-order chi connectivity index (χ0) is 9.80. The summed E-state index contributed by atoms with van der Waals surface area (Å²) >= 11 is -1.07. The first-order valence-electron chi connectivity index (χ1n) is 4.81. The molecule has 2 nitrogen and oxygen atoms in total. The van der Waals surface area contributed by atoms with Gasteiger partial charge in [0.1, 0.15) is 0 Å². The third-order valence-electron chi connectivity index (χ3n) is 1.88. The van der Waals surface area contributed by atoms with E-state index in [1.807, 2.05) is 0 Å². The Morgan fingerprint density at radius 1 is 0.857 bits per heavy atom. The Bertz CT molecular complexity index is 316. The van der Waals surface area contributed by atoms with Gasteiger partial charge >= 0.3 is 90.5 Å². The Morgan fingerprint density at radius 2 is 1.29 bits per heavy atom. The van der Waals surface area contributed by atoms with Crippen LogP contribution < -0.4 is 0 Å². The van der Waals surface area contributed by atoms with E-state index in [1.54, 1.807) is 0 Å². The summed E-state index contributed by atoms with van der Waals surface area (Å²) in [5.41, 5.74) is 0. The van der Waals surface area contributed by atoms with E-state index in [-0.39, 0.29) is 0 Å². The second-order valence-electron chi connectivity index (χ2n) is 3.00. The molecule has 3 heteroatoms. The molecule has 0 aliphatic heterocycles. The zero-order valence-electron chi connectivity index (χ0n) is 8.28. The molecular weight excluding hydrogens is 261 g/mol. The molecule has 0 bridgehead atoms. The van der Waals surface area contributed by atoms with Crippen LogP contribution in [0.2, 0.25) is 5.02 Å². The van der Waals surface area contributed by atoms with Gasteiger partial charge in [0, 0.05) is 0 Å². The van der Waals surface area contributed by atoms with E-state index in [0.29, 0.717) is 0 Å². The summed E-state index contributed by atoms with van der Waals surface area (Å²) in [5.74, 6) is 0. The van der Waals surface area contributed by atoms with Gasteiger partial charge in [0.15, 0.2) is 0 Å². The van der Waals surface area contributed by atoms with E-state index in [4.69, 9.17) is 0 Å². The molecule has 0 saturated carbocycles. The van der Waals surface area contributed by atoms with Crippen LogP contribution in [0.15, 0.2) is 49.1 Å². The third kappa shape index (κ3) is 1.98. The van der Waals surface area contributed by atoms with Gasteiger partial charge in [-0.3, -0.25) is 0 Å². The van der Waals surface area contributed by atoms with E-state index in [9.17, 15) is 0 Å². The van der Waals surface area contributed by atoms with E-state index in [0.717, 1.165) is 0 Å². The van der Waals surface area contributed by atoms with Gasteiger partial charge in [-0.1, -0.05) is 0 Å². The first-order valence-corrected chi connectivity index (χ1v) is 7.59. The van der Waals surface area contributed by atoms with E-state index in [1.165, 1.54) is 11.4 Å². The molecule has 0 atom stereocenters. The fourth-order valence-corrected chi connectivity index (χ4v) is 5.23. The van der Waals surface area contributed by atoms with E-state index < -0.39 is 16.4 Å². The summed E-state index contributed by atoms with van der Waals surface area (Å²) in [6.07, 6.45) is 10.0. The van der Waals surface area contributed by atoms with Crippen LogP contribution in [0.25, 0.3) is 0 Å². The topological polar surface area (TPSA) is 9.86 Å². The van der Waals surface area contributed by atoms with Gasteiger partial charge in [0.2, 0.25) is 0 Å². The van der Waals surface area contributed by atoms with Gasteiger partial charge in [-0.25, -0.2) is 0 Å². The molecule has 0 aliphatic carbocycles. The fraction of sp³-hybridized carbons (Fsp3) is 0.273. The predicted molar refractivity (Wildman–Crippen MR) is 54.8 cm³/mol. The summed E-state index contributed by atoms with van der Waals surface area (Å²) in [6.45, 7) is 2.26. The van der Waals surface area contributed by atoms with Crippen LogP contribution in [0.1, 0.15) is 13.3 Å². The average Bonchev–Trinajstić information content (AvgIpc) is 2.87. The van der Waals surface area contributed by atoms with Crippen LogP contribution in [0.5, 0.6) is 0 Å². The normalized spacial score (nSPS) is 11.6.